The number of hydrogen-bond donors (Lipinski definition) is 1. The fourth-order valence-electron chi connectivity index (χ4n) is 2.16. The third kappa shape index (κ3) is 5.25. The van der Waals surface area contributed by atoms with Gasteiger partial charge < -0.3 is 20.3 Å². The average molecular weight is 229 g/mol. The van der Waals surface area contributed by atoms with Crippen molar-refractivity contribution in [3.05, 3.63) is 0 Å². The van der Waals surface area contributed by atoms with Gasteiger partial charge in [0.05, 0.1) is 6.10 Å². The zero-order valence-corrected chi connectivity index (χ0v) is 10.8. The maximum atomic E-state index is 5.68. The van der Waals surface area contributed by atoms with E-state index in [0.29, 0.717) is 6.54 Å². The van der Waals surface area contributed by atoms with Crippen LogP contribution in [0.1, 0.15) is 19.8 Å². The van der Waals surface area contributed by atoms with Crippen LogP contribution < -0.4 is 5.73 Å². The van der Waals surface area contributed by atoms with E-state index < -0.39 is 0 Å². The smallest absolute Gasteiger partial charge is 0.0709 e. The number of hydrogen-bond acceptors (Lipinski definition) is 4. The summed E-state index contributed by atoms with van der Waals surface area (Å²) in [7, 11) is 2.20. The largest absolute Gasteiger partial charge is 0.377 e. The van der Waals surface area contributed by atoms with Crippen molar-refractivity contribution in [3.8, 4) is 0 Å². The Bertz CT molecular complexity index is 178. The average Bonchev–Trinajstić information content (AvgIpc) is 2.49. The van der Waals surface area contributed by atoms with Gasteiger partial charge in [0, 0.05) is 32.8 Å². The van der Waals surface area contributed by atoms with E-state index >= 15 is 0 Å². The zero-order valence-electron chi connectivity index (χ0n) is 10.8. The van der Waals surface area contributed by atoms with Crippen LogP contribution in [0.15, 0.2) is 0 Å². The third-order valence-electron chi connectivity index (χ3n) is 3.24. The normalized spacial score (nSPS) is 21.9. The summed E-state index contributed by atoms with van der Waals surface area (Å²) in [6, 6.07) is 0. The topological polar surface area (TPSA) is 41.7 Å². The van der Waals surface area contributed by atoms with Crippen molar-refractivity contribution in [3.63, 3.8) is 0 Å². The second kappa shape index (κ2) is 8.01. The number of nitrogens with zero attached hydrogens (tertiary/aromatic N) is 2. The van der Waals surface area contributed by atoms with E-state index in [-0.39, 0.29) is 6.10 Å². The Labute approximate surface area is 99.7 Å². The molecule has 0 radical (unpaired) electrons. The van der Waals surface area contributed by atoms with Crippen LogP contribution in [0.2, 0.25) is 0 Å². The first kappa shape index (κ1) is 13.9. The van der Waals surface area contributed by atoms with Gasteiger partial charge in [-0.2, -0.15) is 0 Å². The van der Waals surface area contributed by atoms with Gasteiger partial charge in [0.25, 0.3) is 0 Å². The molecule has 0 aromatic carbocycles. The highest BCUT2D eigenvalue weighted by Gasteiger charge is 2.13. The summed E-state index contributed by atoms with van der Waals surface area (Å²) in [4.78, 5) is 4.94. The molecule has 1 rings (SSSR count). The van der Waals surface area contributed by atoms with E-state index in [9.17, 15) is 0 Å². The molecule has 1 heterocycles. The summed E-state index contributed by atoms with van der Waals surface area (Å²) in [5.41, 5.74) is 5.68. The highest BCUT2D eigenvalue weighted by atomic mass is 16.5. The minimum atomic E-state index is 0.242. The highest BCUT2D eigenvalue weighted by Crippen LogP contribution is 2.04. The minimum Gasteiger partial charge on any atom is -0.377 e. The molecule has 1 fully saturated rings. The van der Waals surface area contributed by atoms with Gasteiger partial charge in [-0.05, 0) is 39.9 Å². The van der Waals surface area contributed by atoms with Gasteiger partial charge in [-0.3, -0.25) is 0 Å². The molecule has 0 spiro atoms. The molecule has 0 amide bonds. The van der Waals surface area contributed by atoms with Gasteiger partial charge in [-0.25, -0.2) is 0 Å². The van der Waals surface area contributed by atoms with Crippen molar-refractivity contribution in [2.45, 2.75) is 25.9 Å². The SMILES string of the molecule is CCOC(CN)CCN1CCCN(C)CC1. The molecule has 1 saturated heterocycles. The monoisotopic (exact) mass is 229 g/mol. The lowest BCUT2D eigenvalue weighted by molar-refractivity contribution is 0.0547. The van der Waals surface area contributed by atoms with Crippen LogP contribution >= 0.6 is 0 Å². The van der Waals surface area contributed by atoms with E-state index in [4.69, 9.17) is 10.5 Å². The molecule has 0 aromatic heterocycles. The summed E-state index contributed by atoms with van der Waals surface area (Å²) < 4.78 is 5.57. The van der Waals surface area contributed by atoms with Crippen LogP contribution in [0, 0.1) is 0 Å². The predicted molar refractivity (Wildman–Crippen MR) is 67.6 cm³/mol. The van der Waals surface area contributed by atoms with Crippen molar-refractivity contribution < 1.29 is 4.74 Å². The van der Waals surface area contributed by atoms with Crippen LogP contribution in [-0.4, -0.2) is 68.8 Å². The second-order valence-corrected chi connectivity index (χ2v) is 4.60. The van der Waals surface area contributed by atoms with Crippen LogP contribution in [0.3, 0.4) is 0 Å². The van der Waals surface area contributed by atoms with E-state index in [1.807, 2.05) is 6.92 Å². The number of nitrogens with two attached hydrogens (primary N) is 1. The Morgan fingerprint density at radius 3 is 2.75 bits per heavy atom. The molecular weight excluding hydrogens is 202 g/mol. The summed E-state index contributed by atoms with van der Waals surface area (Å²) >= 11 is 0. The molecule has 0 aliphatic carbocycles. The van der Waals surface area contributed by atoms with Crippen LogP contribution in [0.25, 0.3) is 0 Å². The number of likely N-dealkylation sites (N-methyl/N-ethyl adjacent to an activating group) is 1. The molecule has 2 N–H and O–H groups in total. The molecular formula is C12H27N3O. The van der Waals surface area contributed by atoms with E-state index in [1.165, 1.54) is 32.6 Å². The Hall–Kier alpha value is -0.160. The molecule has 4 heteroatoms. The maximum absolute atomic E-state index is 5.68. The molecule has 1 unspecified atom stereocenters. The summed E-state index contributed by atoms with van der Waals surface area (Å²) in [6.07, 6.45) is 2.58. The Kier molecular flexibility index (Phi) is 6.96. The quantitative estimate of drug-likeness (QED) is 0.715. The molecule has 1 atom stereocenters. The molecule has 1 aliphatic rings. The van der Waals surface area contributed by atoms with Gasteiger partial charge in [-0.15, -0.1) is 0 Å². The lowest BCUT2D eigenvalue weighted by Crippen LogP contribution is -2.34. The highest BCUT2D eigenvalue weighted by molar-refractivity contribution is 4.69. The number of rotatable bonds is 6. The lowest BCUT2D eigenvalue weighted by atomic mass is 10.2. The van der Waals surface area contributed by atoms with E-state index in [0.717, 1.165) is 19.6 Å². The van der Waals surface area contributed by atoms with Crippen molar-refractivity contribution in [1.29, 1.82) is 0 Å². The summed E-state index contributed by atoms with van der Waals surface area (Å²) in [6.45, 7) is 9.36. The van der Waals surface area contributed by atoms with Gasteiger partial charge in [0.2, 0.25) is 0 Å². The fourth-order valence-corrected chi connectivity index (χ4v) is 2.16. The maximum Gasteiger partial charge on any atom is 0.0709 e. The Morgan fingerprint density at radius 1 is 1.25 bits per heavy atom. The molecule has 16 heavy (non-hydrogen) atoms. The summed E-state index contributed by atoms with van der Waals surface area (Å²) in [5, 5.41) is 0. The predicted octanol–water partition coefficient (Wildman–Crippen LogP) is 0.378. The molecule has 4 nitrogen and oxygen atoms in total. The van der Waals surface area contributed by atoms with Crippen LogP contribution in [0.5, 0.6) is 0 Å². The minimum absolute atomic E-state index is 0.242. The Balaban J connectivity index is 2.20. The second-order valence-electron chi connectivity index (χ2n) is 4.60. The van der Waals surface area contributed by atoms with Gasteiger partial charge >= 0.3 is 0 Å². The van der Waals surface area contributed by atoms with Gasteiger partial charge in [0.1, 0.15) is 0 Å². The lowest BCUT2D eigenvalue weighted by Gasteiger charge is -2.23. The molecule has 1 aliphatic heterocycles. The zero-order chi connectivity index (χ0) is 11.8. The Morgan fingerprint density at radius 2 is 2.06 bits per heavy atom. The van der Waals surface area contributed by atoms with Crippen molar-refractivity contribution in [2.24, 2.45) is 5.73 Å². The van der Waals surface area contributed by atoms with E-state index in [1.54, 1.807) is 0 Å². The standard InChI is InChI=1S/C12H27N3O/c1-3-16-12(11-13)5-8-15-7-4-6-14(2)9-10-15/h12H,3-11,13H2,1-2H3. The first-order chi connectivity index (χ1) is 7.76. The van der Waals surface area contributed by atoms with Crippen molar-refractivity contribution >= 4 is 0 Å². The molecule has 96 valence electrons. The third-order valence-corrected chi connectivity index (χ3v) is 3.24. The molecule has 0 saturated carbocycles. The van der Waals surface area contributed by atoms with Gasteiger partial charge in [0.15, 0.2) is 0 Å². The van der Waals surface area contributed by atoms with Crippen molar-refractivity contribution in [2.75, 3.05) is 52.9 Å². The first-order valence-electron chi connectivity index (χ1n) is 6.48. The molecule has 0 bridgehead atoms. The van der Waals surface area contributed by atoms with Crippen LogP contribution in [0.4, 0.5) is 0 Å². The van der Waals surface area contributed by atoms with Gasteiger partial charge in [-0.1, -0.05) is 0 Å². The summed E-state index contributed by atoms with van der Waals surface area (Å²) in [5.74, 6) is 0. The first-order valence-corrected chi connectivity index (χ1v) is 6.48. The number of ether oxygens (including phenoxy) is 1. The fraction of sp³-hybridized carbons (Fsp3) is 1.00. The van der Waals surface area contributed by atoms with Crippen LogP contribution in [-0.2, 0) is 4.74 Å². The molecule has 0 aromatic rings. The van der Waals surface area contributed by atoms with Crippen molar-refractivity contribution in [1.82, 2.24) is 9.80 Å². The van der Waals surface area contributed by atoms with E-state index in [2.05, 4.69) is 16.8 Å².